The van der Waals surface area contributed by atoms with E-state index in [1.54, 1.807) is 7.05 Å². The lowest BCUT2D eigenvalue weighted by atomic mass is 9.98. The molecule has 1 aliphatic heterocycles. The number of aliphatic imine (C=N–C) groups is 1. The summed E-state index contributed by atoms with van der Waals surface area (Å²) in [5.41, 5.74) is 4.87. The molecule has 0 bridgehead atoms. The molecular formula is C23H24BrNO4. The number of rotatable bonds is 6. The van der Waals surface area contributed by atoms with E-state index < -0.39 is 0 Å². The molecule has 0 saturated heterocycles. The van der Waals surface area contributed by atoms with Crippen LogP contribution in [0.3, 0.4) is 0 Å². The summed E-state index contributed by atoms with van der Waals surface area (Å²) < 4.78 is 17.8. The lowest BCUT2D eigenvalue weighted by molar-refractivity contribution is -0.141. The van der Waals surface area contributed by atoms with Gasteiger partial charge in [0, 0.05) is 46.8 Å². The molecular weight excluding hydrogens is 434 g/mol. The number of nitrogens with zero attached hydrogens (tertiary/aromatic N) is 1. The number of esters is 1. The summed E-state index contributed by atoms with van der Waals surface area (Å²) in [5.74, 6) is 1.80. The molecule has 2 aromatic carbocycles. The van der Waals surface area contributed by atoms with Crippen LogP contribution in [0.5, 0.6) is 11.5 Å². The standard InChI is InChI=1S/C23H24BrNO4/c1-25-11-14-3-6-18-15(4-7-20(18)23(14)24)12-28-17-5-8-19-16(9-22(26)27-2)13-29-21(19)10-17/h3,5-6,8,10-11,15-16H,4,7,9,12-13H2,1-2H3. The second-order valence-electron chi connectivity index (χ2n) is 7.46. The lowest BCUT2D eigenvalue weighted by Gasteiger charge is -2.15. The van der Waals surface area contributed by atoms with Crippen LogP contribution in [0.2, 0.25) is 0 Å². The van der Waals surface area contributed by atoms with Gasteiger partial charge in [-0.2, -0.15) is 0 Å². The minimum atomic E-state index is -0.216. The van der Waals surface area contributed by atoms with Gasteiger partial charge in [-0.25, -0.2) is 0 Å². The van der Waals surface area contributed by atoms with Crippen LogP contribution in [0.1, 0.15) is 46.9 Å². The zero-order valence-electron chi connectivity index (χ0n) is 16.6. The Balaban J connectivity index is 1.43. The van der Waals surface area contributed by atoms with E-state index in [0.717, 1.165) is 39.9 Å². The van der Waals surface area contributed by atoms with Gasteiger partial charge in [-0.15, -0.1) is 0 Å². The predicted molar refractivity (Wildman–Crippen MR) is 116 cm³/mol. The van der Waals surface area contributed by atoms with Gasteiger partial charge in [0.05, 0.1) is 26.7 Å². The molecule has 2 unspecified atom stereocenters. The summed E-state index contributed by atoms with van der Waals surface area (Å²) in [6.45, 7) is 1.13. The number of hydrogen-bond donors (Lipinski definition) is 0. The fraction of sp³-hybridized carbons (Fsp3) is 0.391. The normalized spacial score (nSPS) is 19.7. The monoisotopic (exact) mass is 457 g/mol. The highest BCUT2D eigenvalue weighted by Crippen LogP contribution is 2.41. The molecule has 0 radical (unpaired) electrons. The third-order valence-electron chi connectivity index (χ3n) is 5.72. The first-order valence-corrected chi connectivity index (χ1v) is 10.6. The highest BCUT2D eigenvalue weighted by atomic mass is 79.9. The Kier molecular flexibility index (Phi) is 5.90. The van der Waals surface area contributed by atoms with Gasteiger partial charge in [0.15, 0.2) is 0 Å². The molecule has 5 nitrogen and oxygen atoms in total. The Morgan fingerprint density at radius 3 is 2.90 bits per heavy atom. The van der Waals surface area contributed by atoms with Crippen molar-refractivity contribution in [2.24, 2.45) is 4.99 Å². The average Bonchev–Trinajstić information content (AvgIpc) is 3.33. The van der Waals surface area contributed by atoms with Crippen molar-refractivity contribution in [1.82, 2.24) is 0 Å². The first-order chi connectivity index (χ1) is 14.1. The Bertz CT molecular complexity index is 956. The van der Waals surface area contributed by atoms with E-state index in [9.17, 15) is 4.79 Å². The summed E-state index contributed by atoms with van der Waals surface area (Å²) in [5, 5.41) is 0. The van der Waals surface area contributed by atoms with E-state index in [2.05, 4.69) is 33.1 Å². The summed E-state index contributed by atoms with van der Waals surface area (Å²) in [6.07, 6.45) is 4.33. The number of fused-ring (bicyclic) bond motifs is 2. The molecule has 0 fully saturated rings. The number of benzene rings is 2. The van der Waals surface area contributed by atoms with E-state index in [1.807, 2.05) is 24.4 Å². The van der Waals surface area contributed by atoms with Crippen LogP contribution in [0.25, 0.3) is 0 Å². The van der Waals surface area contributed by atoms with Crippen molar-refractivity contribution in [2.45, 2.75) is 31.1 Å². The highest BCUT2D eigenvalue weighted by Gasteiger charge is 2.28. The van der Waals surface area contributed by atoms with Gasteiger partial charge in [0.2, 0.25) is 0 Å². The van der Waals surface area contributed by atoms with E-state index in [0.29, 0.717) is 25.6 Å². The van der Waals surface area contributed by atoms with Gasteiger partial charge in [0.1, 0.15) is 11.5 Å². The van der Waals surface area contributed by atoms with E-state index >= 15 is 0 Å². The molecule has 2 aromatic rings. The lowest BCUT2D eigenvalue weighted by Crippen LogP contribution is -2.09. The van der Waals surface area contributed by atoms with Crippen molar-refractivity contribution in [1.29, 1.82) is 0 Å². The molecule has 29 heavy (non-hydrogen) atoms. The van der Waals surface area contributed by atoms with Gasteiger partial charge < -0.3 is 14.2 Å². The molecule has 0 spiro atoms. The quantitative estimate of drug-likeness (QED) is 0.467. The topological polar surface area (TPSA) is 57.1 Å². The summed E-state index contributed by atoms with van der Waals surface area (Å²) in [7, 11) is 3.20. The number of carbonyl (C=O) groups is 1. The van der Waals surface area contributed by atoms with Crippen LogP contribution >= 0.6 is 15.9 Å². The third-order valence-corrected chi connectivity index (χ3v) is 6.65. The van der Waals surface area contributed by atoms with Crippen LogP contribution in [-0.2, 0) is 16.0 Å². The fourth-order valence-corrected chi connectivity index (χ4v) is 4.84. The van der Waals surface area contributed by atoms with Crippen LogP contribution < -0.4 is 9.47 Å². The number of ether oxygens (including phenoxy) is 3. The molecule has 1 aliphatic carbocycles. The van der Waals surface area contributed by atoms with Crippen LogP contribution in [0.15, 0.2) is 39.8 Å². The second kappa shape index (κ2) is 8.57. The fourth-order valence-electron chi connectivity index (χ4n) is 4.17. The maximum atomic E-state index is 11.6. The molecule has 0 aromatic heterocycles. The first-order valence-electron chi connectivity index (χ1n) is 9.80. The van der Waals surface area contributed by atoms with Crippen molar-refractivity contribution in [3.8, 4) is 11.5 Å². The second-order valence-corrected chi connectivity index (χ2v) is 8.25. The molecule has 0 amide bonds. The number of halogens is 1. The minimum absolute atomic E-state index is 0.0476. The first kappa shape index (κ1) is 20.0. The van der Waals surface area contributed by atoms with E-state index in [1.165, 1.54) is 18.2 Å². The average molecular weight is 458 g/mol. The minimum Gasteiger partial charge on any atom is -0.493 e. The maximum absolute atomic E-state index is 11.6. The molecule has 2 aliphatic rings. The van der Waals surface area contributed by atoms with E-state index in [-0.39, 0.29) is 11.9 Å². The number of methoxy groups -OCH3 is 1. The summed E-state index contributed by atoms with van der Waals surface area (Å²) in [6, 6.07) is 10.2. The number of carbonyl (C=O) groups excluding carboxylic acids is 1. The summed E-state index contributed by atoms with van der Waals surface area (Å²) in [4.78, 5) is 15.7. The molecule has 1 heterocycles. The van der Waals surface area contributed by atoms with Gasteiger partial charge in [-0.3, -0.25) is 9.79 Å². The smallest absolute Gasteiger partial charge is 0.306 e. The Morgan fingerprint density at radius 1 is 1.28 bits per heavy atom. The highest BCUT2D eigenvalue weighted by molar-refractivity contribution is 9.10. The zero-order valence-corrected chi connectivity index (χ0v) is 18.2. The largest absolute Gasteiger partial charge is 0.493 e. The van der Waals surface area contributed by atoms with Gasteiger partial charge in [0.25, 0.3) is 0 Å². The Hall–Kier alpha value is -2.34. The predicted octanol–water partition coefficient (Wildman–Crippen LogP) is 4.65. The zero-order chi connectivity index (χ0) is 20.4. The van der Waals surface area contributed by atoms with Crippen LogP contribution in [0.4, 0.5) is 0 Å². The molecule has 4 rings (SSSR count). The molecule has 6 heteroatoms. The molecule has 0 saturated carbocycles. The van der Waals surface area contributed by atoms with Crippen LogP contribution in [0, 0.1) is 0 Å². The molecule has 152 valence electrons. The van der Waals surface area contributed by atoms with Crippen molar-refractivity contribution >= 4 is 28.1 Å². The Labute approximate surface area is 179 Å². The van der Waals surface area contributed by atoms with Crippen molar-refractivity contribution in [3.63, 3.8) is 0 Å². The molecule has 0 N–H and O–H groups in total. The van der Waals surface area contributed by atoms with Gasteiger partial charge >= 0.3 is 5.97 Å². The number of hydrogen-bond acceptors (Lipinski definition) is 5. The van der Waals surface area contributed by atoms with Crippen molar-refractivity contribution < 1.29 is 19.0 Å². The SMILES string of the molecule is CN=Cc1ccc2c(c1Br)CCC2COc1ccc2c(c1)OCC2CC(=O)OC. The Morgan fingerprint density at radius 2 is 2.10 bits per heavy atom. The van der Waals surface area contributed by atoms with Crippen molar-refractivity contribution in [3.05, 3.63) is 57.1 Å². The van der Waals surface area contributed by atoms with Gasteiger partial charge in [-0.05, 0) is 46.0 Å². The maximum Gasteiger partial charge on any atom is 0.306 e. The van der Waals surface area contributed by atoms with E-state index in [4.69, 9.17) is 14.2 Å². The van der Waals surface area contributed by atoms with Gasteiger partial charge in [-0.1, -0.05) is 18.2 Å². The van der Waals surface area contributed by atoms with Crippen molar-refractivity contribution in [2.75, 3.05) is 27.4 Å². The van der Waals surface area contributed by atoms with Crippen LogP contribution in [-0.4, -0.2) is 39.6 Å². The third kappa shape index (κ3) is 4.04. The summed E-state index contributed by atoms with van der Waals surface area (Å²) >= 11 is 3.74. The molecule has 2 atom stereocenters.